The Bertz CT molecular complexity index is 568. The maximum Gasteiger partial charge on any atom is 0.162 e. The Labute approximate surface area is 122 Å². The second kappa shape index (κ2) is 6.74. The number of hydrogen-bond acceptors (Lipinski definition) is 5. The largest absolute Gasteiger partial charge is 0.486 e. The van der Waals surface area contributed by atoms with Crippen LogP contribution < -0.4 is 4.74 Å². The summed E-state index contributed by atoms with van der Waals surface area (Å²) in [5, 5.41) is 13.8. The van der Waals surface area contributed by atoms with E-state index in [1.165, 1.54) is 0 Å². The highest BCUT2D eigenvalue weighted by molar-refractivity contribution is 6.32. The molecule has 0 saturated heterocycles. The molecule has 0 bridgehead atoms. The summed E-state index contributed by atoms with van der Waals surface area (Å²) in [6.07, 6.45) is -0.561. The van der Waals surface area contributed by atoms with Crippen molar-refractivity contribution in [3.05, 3.63) is 46.3 Å². The zero-order valence-corrected chi connectivity index (χ0v) is 12.1. The quantitative estimate of drug-likeness (QED) is 0.887. The summed E-state index contributed by atoms with van der Waals surface area (Å²) in [5.74, 6) is 1.18. The lowest BCUT2D eigenvalue weighted by Crippen LogP contribution is -1.97. The maximum absolute atomic E-state index is 9.47. The standard InChI is InChI=1S/C14H16ClNO4/c1-9(17)10-3-4-14(13(15)5-10)19-7-11-6-12(8-18-2)20-16-11/h3-6,9,17H,7-8H2,1-2H3. The van der Waals surface area contributed by atoms with Crippen LogP contribution in [-0.4, -0.2) is 17.4 Å². The minimum absolute atomic E-state index is 0.251. The van der Waals surface area contributed by atoms with Gasteiger partial charge in [0.15, 0.2) is 5.76 Å². The lowest BCUT2D eigenvalue weighted by molar-refractivity contribution is 0.155. The van der Waals surface area contributed by atoms with Crippen LogP contribution in [0.1, 0.15) is 30.0 Å². The molecule has 1 atom stereocenters. The second-order valence-corrected chi connectivity index (χ2v) is 4.78. The number of methoxy groups -OCH3 is 1. The molecule has 0 aliphatic rings. The van der Waals surface area contributed by atoms with E-state index in [-0.39, 0.29) is 6.61 Å². The Hall–Kier alpha value is -1.56. The summed E-state index contributed by atoms with van der Waals surface area (Å²) < 4.78 is 15.6. The van der Waals surface area contributed by atoms with Crippen LogP contribution >= 0.6 is 11.6 Å². The van der Waals surface area contributed by atoms with Crippen molar-refractivity contribution in [2.24, 2.45) is 0 Å². The first kappa shape index (κ1) is 14.8. The van der Waals surface area contributed by atoms with Crippen molar-refractivity contribution in [1.82, 2.24) is 5.16 Å². The first-order chi connectivity index (χ1) is 9.60. The van der Waals surface area contributed by atoms with E-state index in [2.05, 4.69) is 5.16 Å². The van der Waals surface area contributed by atoms with Crippen LogP contribution in [-0.2, 0) is 18.0 Å². The molecule has 0 spiro atoms. The van der Waals surface area contributed by atoms with Gasteiger partial charge in [-0.1, -0.05) is 22.8 Å². The molecule has 0 radical (unpaired) electrons. The monoisotopic (exact) mass is 297 g/mol. The third kappa shape index (κ3) is 3.72. The van der Waals surface area contributed by atoms with Gasteiger partial charge in [0.1, 0.15) is 24.7 Å². The number of aromatic nitrogens is 1. The van der Waals surface area contributed by atoms with Crippen molar-refractivity contribution < 1.29 is 19.1 Å². The van der Waals surface area contributed by atoms with Crippen LogP contribution in [0.3, 0.4) is 0 Å². The van der Waals surface area contributed by atoms with Gasteiger partial charge in [0.25, 0.3) is 0 Å². The van der Waals surface area contributed by atoms with Crippen LogP contribution in [0.5, 0.6) is 5.75 Å². The molecule has 1 aromatic heterocycles. The second-order valence-electron chi connectivity index (χ2n) is 4.37. The molecule has 20 heavy (non-hydrogen) atoms. The number of halogens is 1. The number of rotatable bonds is 6. The van der Waals surface area contributed by atoms with Gasteiger partial charge in [-0.3, -0.25) is 0 Å². The van der Waals surface area contributed by atoms with Crippen molar-refractivity contribution in [2.45, 2.75) is 26.2 Å². The molecule has 0 amide bonds. The highest BCUT2D eigenvalue weighted by Gasteiger charge is 2.09. The Morgan fingerprint density at radius 2 is 2.15 bits per heavy atom. The number of aliphatic hydroxyl groups is 1. The van der Waals surface area contributed by atoms with E-state index in [1.54, 1.807) is 38.3 Å². The molecular weight excluding hydrogens is 282 g/mol. The maximum atomic E-state index is 9.47. The Kier molecular flexibility index (Phi) is 5.00. The Morgan fingerprint density at radius 1 is 1.35 bits per heavy atom. The third-order valence-corrected chi connectivity index (χ3v) is 3.00. The number of hydrogen-bond donors (Lipinski definition) is 1. The van der Waals surface area contributed by atoms with Gasteiger partial charge in [-0.25, -0.2) is 0 Å². The predicted octanol–water partition coefficient (Wildman–Crippen LogP) is 3.11. The number of aliphatic hydroxyl groups excluding tert-OH is 1. The van der Waals surface area contributed by atoms with Gasteiger partial charge in [-0.15, -0.1) is 0 Å². The van der Waals surface area contributed by atoms with Crippen LogP contribution in [0.15, 0.2) is 28.8 Å². The molecular formula is C14H16ClNO4. The SMILES string of the molecule is COCc1cc(COc2ccc(C(C)O)cc2Cl)no1. The Morgan fingerprint density at radius 3 is 2.80 bits per heavy atom. The normalized spacial score (nSPS) is 12.4. The summed E-state index contributed by atoms with van der Waals surface area (Å²) in [4.78, 5) is 0. The first-order valence-electron chi connectivity index (χ1n) is 6.14. The van der Waals surface area contributed by atoms with Crippen molar-refractivity contribution in [1.29, 1.82) is 0 Å². The minimum atomic E-state index is -0.561. The zero-order chi connectivity index (χ0) is 14.5. The van der Waals surface area contributed by atoms with E-state index in [0.717, 1.165) is 5.56 Å². The summed E-state index contributed by atoms with van der Waals surface area (Å²) in [6.45, 7) is 2.30. The van der Waals surface area contributed by atoms with Gasteiger partial charge in [0, 0.05) is 13.2 Å². The molecule has 1 aromatic carbocycles. The number of benzene rings is 1. The highest BCUT2D eigenvalue weighted by atomic mass is 35.5. The first-order valence-corrected chi connectivity index (χ1v) is 6.51. The smallest absolute Gasteiger partial charge is 0.162 e. The van der Waals surface area contributed by atoms with E-state index in [1.807, 2.05) is 0 Å². The van der Waals surface area contributed by atoms with Crippen LogP contribution in [0, 0.1) is 0 Å². The van der Waals surface area contributed by atoms with E-state index < -0.39 is 6.10 Å². The van der Waals surface area contributed by atoms with Crippen LogP contribution in [0.25, 0.3) is 0 Å². The van der Waals surface area contributed by atoms with E-state index >= 15 is 0 Å². The summed E-state index contributed by atoms with van der Waals surface area (Å²) in [6, 6.07) is 6.94. The average molecular weight is 298 g/mol. The van der Waals surface area contributed by atoms with Crippen molar-refractivity contribution in [3.8, 4) is 5.75 Å². The van der Waals surface area contributed by atoms with Crippen LogP contribution in [0.2, 0.25) is 5.02 Å². The van der Waals surface area contributed by atoms with Gasteiger partial charge in [0.05, 0.1) is 11.1 Å². The molecule has 2 aromatic rings. The average Bonchev–Trinajstić information content (AvgIpc) is 2.85. The summed E-state index contributed by atoms with van der Waals surface area (Å²) in [7, 11) is 1.59. The minimum Gasteiger partial charge on any atom is -0.486 e. The van der Waals surface area contributed by atoms with Gasteiger partial charge < -0.3 is 19.1 Å². The summed E-state index contributed by atoms with van der Waals surface area (Å²) >= 11 is 6.09. The zero-order valence-electron chi connectivity index (χ0n) is 11.3. The molecule has 2 rings (SSSR count). The molecule has 1 N–H and O–H groups in total. The molecule has 6 heteroatoms. The molecule has 108 valence electrons. The third-order valence-electron chi connectivity index (χ3n) is 2.71. The molecule has 0 fully saturated rings. The molecule has 0 aliphatic carbocycles. The van der Waals surface area contributed by atoms with E-state index in [4.69, 9.17) is 25.6 Å². The van der Waals surface area contributed by atoms with Gasteiger partial charge in [-0.2, -0.15) is 0 Å². The fourth-order valence-electron chi connectivity index (χ4n) is 1.68. The highest BCUT2D eigenvalue weighted by Crippen LogP contribution is 2.28. The molecule has 5 nitrogen and oxygen atoms in total. The van der Waals surface area contributed by atoms with Crippen LogP contribution in [0.4, 0.5) is 0 Å². The fraction of sp³-hybridized carbons (Fsp3) is 0.357. The topological polar surface area (TPSA) is 64.7 Å². The van der Waals surface area contributed by atoms with Crippen molar-refractivity contribution in [2.75, 3.05) is 7.11 Å². The molecule has 1 heterocycles. The van der Waals surface area contributed by atoms with E-state index in [0.29, 0.717) is 28.8 Å². The lowest BCUT2D eigenvalue weighted by atomic mass is 10.1. The van der Waals surface area contributed by atoms with Gasteiger partial charge in [0.2, 0.25) is 0 Å². The Balaban J connectivity index is 1.99. The van der Waals surface area contributed by atoms with Crippen molar-refractivity contribution in [3.63, 3.8) is 0 Å². The number of ether oxygens (including phenoxy) is 2. The fourth-order valence-corrected chi connectivity index (χ4v) is 1.92. The molecule has 0 aliphatic heterocycles. The van der Waals surface area contributed by atoms with Gasteiger partial charge in [-0.05, 0) is 24.6 Å². The molecule has 1 unspecified atom stereocenters. The number of nitrogens with zero attached hydrogens (tertiary/aromatic N) is 1. The van der Waals surface area contributed by atoms with Crippen molar-refractivity contribution >= 4 is 11.6 Å². The predicted molar refractivity (Wildman–Crippen MR) is 73.6 cm³/mol. The summed E-state index contributed by atoms with van der Waals surface area (Å²) in [5.41, 5.74) is 1.40. The van der Waals surface area contributed by atoms with E-state index in [9.17, 15) is 5.11 Å². The molecule has 0 saturated carbocycles. The van der Waals surface area contributed by atoms with Gasteiger partial charge >= 0.3 is 0 Å². The lowest BCUT2D eigenvalue weighted by Gasteiger charge is -2.09.